The summed E-state index contributed by atoms with van der Waals surface area (Å²) in [6.07, 6.45) is 2.28. The molecule has 0 bridgehead atoms. The van der Waals surface area contributed by atoms with E-state index in [4.69, 9.17) is 11.6 Å². The molecule has 1 aliphatic carbocycles. The molecule has 1 aliphatic rings. The summed E-state index contributed by atoms with van der Waals surface area (Å²) in [7, 11) is 1.22. The largest absolute Gasteiger partial charge is 0.465 e. The van der Waals surface area contributed by atoms with Crippen LogP contribution >= 0.6 is 11.6 Å². The van der Waals surface area contributed by atoms with Crippen molar-refractivity contribution in [1.29, 1.82) is 0 Å². The van der Waals surface area contributed by atoms with Gasteiger partial charge in [-0.25, -0.2) is 9.18 Å². The molecule has 130 valence electrons. The van der Waals surface area contributed by atoms with E-state index in [0.29, 0.717) is 17.9 Å². The van der Waals surface area contributed by atoms with Gasteiger partial charge in [-0.05, 0) is 48.7 Å². The molecule has 0 saturated heterocycles. The van der Waals surface area contributed by atoms with E-state index >= 15 is 0 Å². The number of rotatable bonds is 4. The highest BCUT2D eigenvalue weighted by atomic mass is 35.5. The number of hydrogen-bond acceptors (Lipinski definition) is 3. The van der Waals surface area contributed by atoms with Gasteiger partial charge in [0.15, 0.2) is 0 Å². The average molecular weight is 362 g/mol. The molecule has 2 aromatic carbocycles. The summed E-state index contributed by atoms with van der Waals surface area (Å²) in [6.45, 7) is 0. The molecule has 3 rings (SSSR count). The van der Waals surface area contributed by atoms with Gasteiger partial charge < -0.3 is 10.1 Å². The zero-order valence-electron chi connectivity index (χ0n) is 13.6. The second-order valence-corrected chi connectivity index (χ2v) is 6.52. The number of hydrogen-bond donors (Lipinski definition) is 1. The van der Waals surface area contributed by atoms with Gasteiger partial charge in [0.25, 0.3) is 0 Å². The molecular weight excluding hydrogens is 345 g/mol. The minimum Gasteiger partial charge on any atom is -0.465 e. The maximum Gasteiger partial charge on any atom is 0.337 e. The van der Waals surface area contributed by atoms with E-state index in [1.807, 2.05) is 6.07 Å². The van der Waals surface area contributed by atoms with Crippen LogP contribution < -0.4 is 5.32 Å². The van der Waals surface area contributed by atoms with E-state index in [1.165, 1.54) is 19.2 Å². The summed E-state index contributed by atoms with van der Waals surface area (Å²) in [5.74, 6) is -1.59. The predicted octanol–water partition coefficient (Wildman–Crippen LogP) is 4.33. The van der Waals surface area contributed by atoms with E-state index in [-0.39, 0.29) is 17.2 Å². The fourth-order valence-corrected chi connectivity index (χ4v) is 3.26. The molecule has 0 aliphatic heterocycles. The third-order valence-electron chi connectivity index (χ3n) is 4.66. The Bertz CT molecular complexity index is 833. The molecule has 1 amide bonds. The van der Waals surface area contributed by atoms with Gasteiger partial charge in [0, 0.05) is 5.02 Å². The zero-order valence-corrected chi connectivity index (χ0v) is 14.4. The second-order valence-electron chi connectivity index (χ2n) is 6.09. The van der Waals surface area contributed by atoms with Gasteiger partial charge in [0.05, 0.1) is 23.8 Å². The van der Waals surface area contributed by atoms with Crippen molar-refractivity contribution < 1.29 is 18.7 Å². The Labute approximate surface area is 149 Å². The Morgan fingerprint density at radius 2 is 1.96 bits per heavy atom. The van der Waals surface area contributed by atoms with Crippen molar-refractivity contribution in [1.82, 2.24) is 0 Å². The van der Waals surface area contributed by atoms with Crippen LogP contribution in [-0.2, 0) is 14.9 Å². The van der Waals surface area contributed by atoms with Crippen LogP contribution in [0.4, 0.5) is 10.1 Å². The van der Waals surface area contributed by atoms with E-state index in [1.54, 1.807) is 18.2 Å². The minimum absolute atomic E-state index is 0.0333. The van der Waals surface area contributed by atoms with Crippen molar-refractivity contribution in [3.05, 3.63) is 64.4 Å². The molecule has 0 unspecified atom stereocenters. The third kappa shape index (κ3) is 3.24. The number of nitrogens with one attached hydrogen (secondary N) is 1. The topological polar surface area (TPSA) is 55.4 Å². The van der Waals surface area contributed by atoms with Gasteiger partial charge in [0.2, 0.25) is 5.91 Å². The number of anilines is 1. The normalized spacial score (nSPS) is 15.2. The Morgan fingerprint density at radius 1 is 1.20 bits per heavy atom. The number of ether oxygens (including phenoxy) is 1. The van der Waals surface area contributed by atoms with Crippen LogP contribution in [0.25, 0.3) is 0 Å². The fraction of sp³-hybridized carbons (Fsp3) is 0.263. The minimum atomic E-state index is -0.696. The molecule has 0 heterocycles. The quantitative estimate of drug-likeness (QED) is 0.825. The zero-order chi connectivity index (χ0) is 18.0. The van der Waals surface area contributed by atoms with Crippen molar-refractivity contribution in [2.45, 2.75) is 24.7 Å². The van der Waals surface area contributed by atoms with Crippen LogP contribution in [-0.4, -0.2) is 19.0 Å². The molecule has 0 spiro atoms. The summed E-state index contributed by atoms with van der Waals surface area (Å²) in [5.41, 5.74) is 0.255. The molecule has 6 heteroatoms. The van der Waals surface area contributed by atoms with Crippen molar-refractivity contribution in [3.63, 3.8) is 0 Å². The maximum absolute atomic E-state index is 14.2. The highest BCUT2D eigenvalue weighted by molar-refractivity contribution is 6.30. The van der Waals surface area contributed by atoms with Gasteiger partial charge >= 0.3 is 5.97 Å². The molecule has 1 fully saturated rings. The highest BCUT2D eigenvalue weighted by Gasteiger charge is 2.45. The van der Waals surface area contributed by atoms with Crippen LogP contribution in [0.3, 0.4) is 0 Å². The third-order valence-corrected chi connectivity index (χ3v) is 4.89. The molecule has 4 nitrogen and oxygen atoms in total. The number of carbonyl (C=O) groups is 2. The van der Waals surface area contributed by atoms with Crippen molar-refractivity contribution in [3.8, 4) is 0 Å². The van der Waals surface area contributed by atoms with Crippen LogP contribution in [0.1, 0.15) is 35.2 Å². The van der Waals surface area contributed by atoms with Crippen LogP contribution in [0.15, 0.2) is 42.5 Å². The van der Waals surface area contributed by atoms with Gasteiger partial charge in [-0.3, -0.25) is 4.79 Å². The highest BCUT2D eigenvalue weighted by Crippen LogP contribution is 2.45. The second kappa shape index (κ2) is 6.84. The van der Waals surface area contributed by atoms with Crippen molar-refractivity contribution >= 4 is 29.2 Å². The lowest BCUT2D eigenvalue weighted by molar-refractivity contribution is -0.124. The predicted molar refractivity (Wildman–Crippen MR) is 93.4 cm³/mol. The van der Waals surface area contributed by atoms with Gasteiger partial charge in [0.1, 0.15) is 5.82 Å². The van der Waals surface area contributed by atoms with E-state index in [9.17, 15) is 14.0 Å². The monoisotopic (exact) mass is 361 g/mol. The first-order valence-electron chi connectivity index (χ1n) is 7.92. The van der Waals surface area contributed by atoms with Gasteiger partial charge in [-0.15, -0.1) is 0 Å². The van der Waals surface area contributed by atoms with Crippen LogP contribution in [0, 0.1) is 5.82 Å². The first-order chi connectivity index (χ1) is 12.0. The fourth-order valence-electron chi connectivity index (χ4n) is 3.07. The first kappa shape index (κ1) is 17.4. The Kier molecular flexibility index (Phi) is 4.77. The molecule has 0 aromatic heterocycles. The molecule has 0 atom stereocenters. The molecule has 1 saturated carbocycles. The van der Waals surface area contributed by atoms with Crippen LogP contribution in [0.5, 0.6) is 0 Å². The standard InChI is InChI=1S/C19H17ClFNO3/c1-25-17(23)12-6-7-16(15(21)10-12)22-18(24)19(8-3-9-19)13-4-2-5-14(20)11-13/h2,4-7,10-11H,3,8-9H2,1H3,(H,22,24). The first-order valence-corrected chi connectivity index (χ1v) is 8.29. The van der Waals surface area contributed by atoms with Crippen LogP contribution in [0.2, 0.25) is 5.02 Å². The number of halogens is 2. The summed E-state index contributed by atoms with van der Waals surface area (Å²) in [6, 6.07) is 11.0. The Morgan fingerprint density at radius 3 is 2.52 bits per heavy atom. The average Bonchev–Trinajstić information content (AvgIpc) is 2.55. The summed E-state index contributed by atoms with van der Waals surface area (Å²) >= 11 is 6.05. The lowest BCUT2D eigenvalue weighted by Gasteiger charge is -2.40. The Hall–Kier alpha value is -2.40. The summed E-state index contributed by atoms with van der Waals surface area (Å²) < 4.78 is 18.8. The van der Waals surface area contributed by atoms with E-state index in [2.05, 4.69) is 10.1 Å². The molecular formula is C19H17ClFNO3. The lowest BCUT2D eigenvalue weighted by atomic mass is 9.64. The number of esters is 1. The summed E-state index contributed by atoms with van der Waals surface area (Å²) in [4.78, 5) is 24.3. The van der Waals surface area contributed by atoms with Crippen molar-refractivity contribution in [2.75, 3.05) is 12.4 Å². The number of carbonyl (C=O) groups excluding carboxylic acids is 2. The Balaban J connectivity index is 1.85. The van der Waals surface area contributed by atoms with E-state index in [0.717, 1.165) is 18.1 Å². The maximum atomic E-state index is 14.2. The molecule has 1 N–H and O–H groups in total. The van der Waals surface area contributed by atoms with Crippen molar-refractivity contribution in [2.24, 2.45) is 0 Å². The SMILES string of the molecule is COC(=O)c1ccc(NC(=O)C2(c3cccc(Cl)c3)CCC2)c(F)c1. The lowest BCUT2D eigenvalue weighted by Crippen LogP contribution is -2.46. The molecule has 0 radical (unpaired) electrons. The van der Waals surface area contributed by atoms with Gasteiger partial charge in [-0.1, -0.05) is 30.2 Å². The van der Waals surface area contributed by atoms with E-state index < -0.39 is 17.2 Å². The van der Waals surface area contributed by atoms with Gasteiger partial charge in [-0.2, -0.15) is 0 Å². The number of methoxy groups -OCH3 is 1. The number of amides is 1. The molecule has 2 aromatic rings. The molecule has 25 heavy (non-hydrogen) atoms. The smallest absolute Gasteiger partial charge is 0.337 e. The number of benzene rings is 2. The summed E-state index contributed by atoms with van der Waals surface area (Å²) in [5, 5.41) is 3.21.